The van der Waals surface area contributed by atoms with Gasteiger partial charge in [0.1, 0.15) is 15.9 Å². The molecule has 0 radical (unpaired) electrons. The maximum Gasteiger partial charge on any atom is 0.252 e. The average Bonchev–Trinajstić information content (AvgIpc) is 3.01. The summed E-state index contributed by atoms with van der Waals surface area (Å²) in [6.45, 7) is 6.98. The standard InChI is InChI=1S/C15H22N4O2S2/c1-15(2,3)14-17-8-7-12(18-14)16-9-10-19(4)23(20,21)13-6-5-11-22-13/h5-8,11H,9-10H2,1-4H3,(H,16,17,18). The summed E-state index contributed by atoms with van der Waals surface area (Å²) in [5.41, 5.74) is -0.128. The highest BCUT2D eigenvalue weighted by molar-refractivity contribution is 7.91. The van der Waals surface area contributed by atoms with Crippen molar-refractivity contribution in [1.29, 1.82) is 0 Å². The van der Waals surface area contributed by atoms with Gasteiger partial charge in [0.25, 0.3) is 10.0 Å². The summed E-state index contributed by atoms with van der Waals surface area (Å²) in [5, 5.41) is 4.91. The molecule has 6 nitrogen and oxygen atoms in total. The minimum atomic E-state index is -3.40. The number of rotatable bonds is 6. The SMILES string of the molecule is CN(CCNc1ccnc(C(C)(C)C)n1)S(=O)(=O)c1cccs1. The van der Waals surface area contributed by atoms with Crippen molar-refractivity contribution in [3.8, 4) is 0 Å². The molecular formula is C15H22N4O2S2. The lowest BCUT2D eigenvalue weighted by molar-refractivity contribution is 0.482. The smallest absolute Gasteiger partial charge is 0.252 e. The van der Waals surface area contributed by atoms with E-state index in [1.165, 1.54) is 15.6 Å². The molecule has 0 aliphatic rings. The Hall–Kier alpha value is -1.51. The Morgan fingerprint density at radius 1 is 1.30 bits per heavy atom. The van der Waals surface area contributed by atoms with Crippen LogP contribution in [0.15, 0.2) is 34.0 Å². The van der Waals surface area contributed by atoms with E-state index >= 15 is 0 Å². The molecular weight excluding hydrogens is 332 g/mol. The molecule has 0 fully saturated rings. The molecule has 0 amide bonds. The molecule has 8 heteroatoms. The van der Waals surface area contributed by atoms with Gasteiger partial charge < -0.3 is 5.32 Å². The quantitative estimate of drug-likeness (QED) is 0.863. The fourth-order valence-corrected chi connectivity index (χ4v) is 4.22. The second-order valence-electron chi connectivity index (χ2n) is 6.20. The zero-order chi connectivity index (χ0) is 17.1. The molecule has 1 N–H and O–H groups in total. The van der Waals surface area contributed by atoms with Crippen LogP contribution < -0.4 is 5.32 Å². The summed E-state index contributed by atoms with van der Waals surface area (Å²) in [5.74, 6) is 1.45. The van der Waals surface area contributed by atoms with Crippen molar-refractivity contribution in [2.24, 2.45) is 0 Å². The molecule has 0 saturated heterocycles. The molecule has 0 aromatic carbocycles. The van der Waals surface area contributed by atoms with Crippen LogP contribution in [-0.4, -0.2) is 42.8 Å². The minimum Gasteiger partial charge on any atom is -0.369 e. The van der Waals surface area contributed by atoms with Gasteiger partial charge in [0, 0.05) is 31.7 Å². The first-order chi connectivity index (χ1) is 10.7. The second-order valence-corrected chi connectivity index (χ2v) is 9.42. The molecule has 2 aromatic rings. The van der Waals surface area contributed by atoms with Crippen LogP contribution in [0, 0.1) is 0 Å². The number of likely N-dealkylation sites (N-methyl/N-ethyl adjacent to an activating group) is 1. The molecule has 0 aliphatic carbocycles. The van der Waals surface area contributed by atoms with Gasteiger partial charge in [0.15, 0.2) is 0 Å². The maximum atomic E-state index is 12.3. The predicted molar refractivity (Wildman–Crippen MR) is 93.4 cm³/mol. The first-order valence-corrected chi connectivity index (χ1v) is 9.60. The fourth-order valence-electron chi connectivity index (χ4n) is 1.84. The third-order valence-corrected chi connectivity index (χ3v) is 6.45. The molecule has 2 heterocycles. The molecule has 2 aromatic heterocycles. The van der Waals surface area contributed by atoms with Crippen LogP contribution >= 0.6 is 11.3 Å². The Morgan fingerprint density at radius 2 is 2.04 bits per heavy atom. The van der Waals surface area contributed by atoms with Gasteiger partial charge in [-0.1, -0.05) is 26.8 Å². The number of sulfonamides is 1. The first-order valence-electron chi connectivity index (χ1n) is 7.28. The Bertz CT molecular complexity index is 737. The van der Waals surface area contributed by atoms with E-state index in [2.05, 4.69) is 15.3 Å². The normalized spacial score (nSPS) is 12.6. The van der Waals surface area contributed by atoms with E-state index in [1.54, 1.807) is 36.8 Å². The lowest BCUT2D eigenvalue weighted by Crippen LogP contribution is -2.31. The van der Waals surface area contributed by atoms with Crippen LogP contribution in [0.3, 0.4) is 0 Å². The molecule has 0 atom stereocenters. The zero-order valence-corrected chi connectivity index (χ0v) is 15.4. The van der Waals surface area contributed by atoms with Crippen molar-refractivity contribution in [2.45, 2.75) is 30.4 Å². The number of nitrogens with zero attached hydrogens (tertiary/aromatic N) is 3. The molecule has 23 heavy (non-hydrogen) atoms. The highest BCUT2D eigenvalue weighted by Gasteiger charge is 2.21. The van der Waals surface area contributed by atoms with Crippen molar-refractivity contribution in [3.63, 3.8) is 0 Å². The topological polar surface area (TPSA) is 75.2 Å². The molecule has 0 saturated carbocycles. The van der Waals surface area contributed by atoms with E-state index in [0.29, 0.717) is 23.1 Å². The molecule has 126 valence electrons. The monoisotopic (exact) mass is 354 g/mol. The number of hydrogen-bond acceptors (Lipinski definition) is 6. The van der Waals surface area contributed by atoms with Crippen molar-refractivity contribution in [2.75, 3.05) is 25.5 Å². The van der Waals surface area contributed by atoms with E-state index in [-0.39, 0.29) is 5.41 Å². The van der Waals surface area contributed by atoms with Gasteiger partial charge in [-0.2, -0.15) is 4.31 Å². The van der Waals surface area contributed by atoms with Crippen molar-refractivity contribution >= 4 is 27.2 Å². The van der Waals surface area contributed by atoms with Crippen LogP contribution in [-0.2, 0) is 15.4 Å². The number of anilines is 1. The van der Waals surface area contributed by atoms with Crippen LogP contribution in [0.1, 0.15) is 26.6 Å². The largest absolute Gasteiger partial charge is 0.369 e. The number of hydrogen-bond donors (Lipinski definition) is 1. The highest BCUT2D eigenvalue weighted by Crippen LogP contribution is 2.20. The molecule has 0 spiro atoms. The third kappa shape index (κ3) is 4.49. The highest BCUT2D eigenvalue weighted by atomic mass is 32.2. The number of nitrogens with one attached hydrogen (secondary N) is 1. The van der Waals surface area contributed by atoms with Gasteiger partial charge in [0.05, 0.1) is 0 Å². The summed E-state index contributed by atoms with van der Waals surface area (Å²) in [6, 6.07) is 5.13. The Labute approximate surface area is 141 Å². The molecule has 0 aliphatic heterocycles. The van der Waals surface area contributed by atoms with Crippen molar-refractivity contribution < 1.29 is 8.42 Å². The lowest BCUT2D eigenvalue weighted by Gasteiger charge is -2.18. The van der Waals surface area contributed by atoms with Gasteiger partial charge in [-0.15, -0.1) is 11.3 Å². The van der Waals surface area contributed by atoms with E-state index in [4.69, 9.17) is 0 Å². The summed E-state index contributed by atoms with van der Waals surface area (Å²) in [7, 11) is -1.82. The van der Waals surface area contributed by atoms with E-state index < -0.39 is 10.0 Å². The van der Waals surface area contributed by atoms with Crippen molar-refractivity contribution in [3.05, 3.63) is 35.6 Å². The first kappa shape index (κ1) is 17.8. The van der Waals surface area contributed by atoms with E-state index in [1.807, 2.05) is 20.8 Å². The minimum absolute atomic E-state index is 0.128. The molecule has 2 rings (SSSR count). The summed E-state index contributed by atoms with van der Waals surface area (Å²) < 4.78 is 26.3. The third-order valence-electron chi connectivity index (χ3n) is 3.22. The van der Waals surface area contributed by atoms with Gasteiger partial charge in [-0.05, 0) is 17.5 Å². The van der Waals surface area contributed by atoms with Crippen LogP contribution in [0.5, 0.6) is 0 Å². The van der Waals surface area contributed by atoms with Crippen LogP contribution in [0.4, 0.5) is 5.82 Å². The summed E-state index contributed by atoms with van der Waals surface area (Å²) in [6.07, 6.45) is 1.71. The summed E-state index contributed by atoms with van der Waals surface area (Å²) >= 11 is 1.22. The molecule has 0 unspecified atom stereocenters. The molecule has 0 bridgehead atoms. The Balaban J connectivity index is 1.95. The van der Waals surface area contributed by atoms with Gasteiger partial charge in [-0.25, -0.2) is 18.4 Å². The number of thiophene rings is 1. The zero-order valence-electron chi connectivity index (χ0n) is 13.8. The second kappa shape index (κ2) is 6.94. The van der Waals surface area contributed by atoms with Crippen molar-refractivity contribution in [1.82, 2.24) is 14.3 Å². The lowest BCUT2D eigenvalue weighted by atomic mass is 9.96. The Kier molecular flexibility index (Phi) is 5.38. The van der Waals surface area contributed by atoms with Gasteiger partial charge in [0.2, 0.25) is 0 Å². The van der Waals surface area contributed by atoms with Crippen LogP contribution in [0.25, 0.3) is 0 Å². The number of aromatic nitrogens is 2. The van der Waals surface area contributed by atoms with Gasteiger partial charge >= 0.3 is 0 Å². The van der Waals surface area contributed by atoms with Gasteiger partial charge in [-0.3, -0.25) is 0 Å². The van der Waals surface area contributed by atoms with E-state index in [9.17, 15) is 8.42 Å². The van der Waals surface area contributed by atoms with Crippen LogP contribution in [0.2, 0.25) is 0 Å². The predicted octanol–water partition coefficient (Wildman–Crippen LogP) is 2.57. The fraction of sp³-hybridized carbons (Fsp3) is 0.467. The summed E-state index contributed by atoms with van der Waals surface area (Å²) in [4.78, 5) is 8.74. The average molecular weight is 355 g/mol. The Morgan fingerprint density at radius 3 is 2.65 bits per heavy atom. The van der Waals surface area contributed by atoms with E-state index in [0.717, 1.165) is 5.82 Å². The maximum absolute atomic E-state index is 12.3.